The van der Waals surface area contributed by atoms with Gasteiger partial charge in [-0.15, -0.1) is 12.4 Å². The Bertz CT molecular complexity index is 690. The van der Waals surface area contributed by atoms with E-state index in [1.54, 1.807) is 17.8 Å². The first-order chi connectivity index (χ1) is 10.5. The van der Waals surface area contributed by atoms with Crippen molar-refractivity contribution in [2.24, 2.45) is 0 Å². The molecule has 1 aliphatic heterocycles. The van der Waals surface area contributed by atoms with Crippen LogP contribution in [0.4, 0.5) is 4.39 Å². The van der Waals surface area contributed by atoms with Gasteiger partial charge >= 0.3 is 0 Å². The van der Waals surface area contributed by atoms with Gasteiger partial charge in [0.15, 0.2) is 0 Å². The Kier molecular flexibility index (Phi) is 6.15. The molecule has 1 nitrogen and oxygen atoms in total. The summed E-state index contributed by atoms with van der Waals surface area (Å²) < 4.78 is 13.7. The van der Waals surface area contributed by atoms with Gasteiger partial charge in [0.25, 0.3) is 0 Å². The van der Waals surface area contributed by atoms with Crippen molar-refractivity contribution in [1.29, 1.82) is 0 Å². The third-order valence-corrected chi connectivity index (χ3v) is 5.00. The molecule has 5 heteroatoms. The van der Waals surface area contributed by atoms with Crippen LogP contribution in [0.1, 0.15) is 17.5 Å². The van der Waals surface area contributed by atoms with Crippen LogP contribution in [0.3, 0.4) is 0 Å². The van der Waals surface area contributed by atoms with Crippen molar-refractivity contribution in [3.63, 3.8) is 0 Å². The fourth-order valence-corrected chi connectivity index (χ4v) is 3.79. The zero-order chi connectivity index (χ0) is 15.7. The molecule has 0 saturated carbocycles. The quantitative estimate of drug-likeness (QED) is 0.578. The average Bonchev–Trinajstić information content (AvgIpc) is 2.47. The lowest BCUT2D eigenvalue weighted by atomic mass is 9.96. The Hall–Kier alpha value is -1.000. The summed E-state index contributed by atoms with van der Waals surface area (Å²) in [7, 11) is 4.10. The SMILES string of the molecule is CN(C)CCC=C1c2cc(F)ccc2Sc2ccc(Cl)cc21.Cl. The third kappa shape index (κ3) is 4.10. The number of hydrogen-bond donors (Lipinski definition) is 0. The topological polar surface area (TPSA) is 3.24 Å². The van der Waals surface area contributed by atoms with Crippen LogP contribution in [0.5, 0.6) is 0 Å². The van der Waals surface area contributed by atoms with Crippen LogP contribution in [-0.2, 0) is 0 Å². The van der Waals surface area contributed by atoms with Gasteiger partial charge in [0.1, 0.15) is 5.82 Å². The molecule has 0 atom stereocenters. The van der Waals surface area contributed by atoms with Gasteiger partial charge in [-0.1, -0.05) is 29.4 Å². The van der Waals surface area contributed by atoms with Crippen LogP contribution in [0.15, 0.2) is 52.3 Å². The fraction of sp³-hybridized carbons (Fsp3) is 0.222. The van der Waals surface area contributed by atoms with Gasteiger partial charge in [0, 0.05) is 21.4 Å². The second kappa shape index (κ2) is 7.71. The predicted octanol–water partition coefficient (Wildman–Crippen LogP) is 5.75. The summed E-state index contributed by atoms with van der Waals surface area (Å²) in [5, 5.41) is 0.706. The van der Waals surface area contributed by atoms with Gasteiger partial charge in [0.2, 0.25) is 0 Å². The predicted molar refractivity (Wildman–Crippen MR) is 99.5 cm³/mol. The molecule has 0 unspecified atom stereocenters. The first kappa shape index (κ1) is 18.3. The molecule has 0 saturated heterocycles. The molecule has 0 spiro atoms. The van der Waals surface area contributed by atoms with E-state index in [1.165, 1.54) is 11.0 Å². The van der Waals surface area contributed by atoms with E-state index in [9.17, 15) is 4.39 Å². The van der Waals surface area contributed by atoms with E-state index in [2.05, 4.69) is 11.0 Å². The lowest BCUT2D eigenvalue weighted by Gasteiger charge is -2.22. The molecule has 1 heterocycles. The Balaban J connectivity index is 0.00000192. The molecule has 0 amide bonds. The van der Waals surface area contributed by atoms with Crippen molar-refractivity contribution < 1.29 is 4.39 Å². The first-order valence-corrected chi connectivity index (χ1v) is 8.36. The lowest BCUT2D eigenvalue weighted by Crippen LogP contribution is -2.12. The van der Waals surface area contributed by atoms with Gasteiger partial charge in [-0.05, 0) is 73.6 Å². The summed E-state index contributed by atoms with van der Waals surface area (Å²) in [6.07, 6.45) is 3.10. The molecule has 23 heavy (non-hydrogen) atoms. The molecule has 0 fully saturated rings. The van der Waals surface area contributed by atoms with Crippen molar-refractivity contribution in [3.8, 4) is 0 Å². The van der Waals surface area contributed by atoms with E-state index >= 15 is 0 Å². The normalized spacial score (nSPS) is 14.4. The summed E-state index contributed by atoms with van der Waals surface area (Å²) in [5.74, 6) is -0.205. The maximum atomic E-state index is 13.7. The number of halogens is 3. The van der Waals surface area contributed by atoms with E-state index in [4.69, 9.17) is 11.6 Å². The highest BCUT2D eigenvalue weighted by molar-refractivity contribution is 7.99. The smallest absolute Gasteiger partial charge is 0.123 e. The van der Waals surface area contributed by atoms with Crippen molar-refractivity contribution in [2.75, 3.05) is 20.6 Å². The summed E-state index contributed by atoms with van der Waals surface area (Å²) in [5.41, 5.74) is 3.13. The van der Waals surface area contributed by atoms with Gasteiger partial charge in [-0.25, -0.2) is 4.39 Å². The molecule has 0 aliphatic carbocycles. The Morgan fingerprint density at radius 2 is 1.74 bits per heavy atom. The molecule has 2 aromatic rings. The summed E-state index contributed by atoms with van der Waals surface area (Å²) in [6.45, 7) is 0.956. The van der Waals surface area contributed by atoms with Crippen LogP contribution in [-0.4, -0.2) is 25.5 Å². The van der Waals surface area contributed by atoms with Crippen molar-refractivity contribution >= 4 is 41.3 Å². The molecule has 2 aromatic carbocycles. The molecule has 3 rings (SSSR count). The molecule has 0 N–H and O–H groups in total. The minimum absolute atomic E-state index is 0. The maximum Gasteiger partial charge on any atom is 0.123 e. The van der Waals surface area contributed by atoms with E-state index in [1.807, 2.05) is 38.4 Å². The average molecular weight is 370 g/mol. The number of nitrogens with zero attached hydrogens (tertiary/aromatic N) is 1. The van der Waals surface area contributed by atoms with Gasteiger partial charge < -0.3 is 4.90 Å². The number of benzene rings is 2. The zero-order valence-electron chi connectivity index (χ0n) is 13.0. The molecule has 0 bridgehead atoms. The van der Waals surface area contributed by atoms with E-state index in [0.29, 0.717) is 5.02 Å². The van der Waals surface area contributed by atoms with Crippen LogP contribution in [0.2, 0.25) is 5.02 Å². The molecular weight excluding hydrogens is 352 g/mol. The highest BCUT2D eigenvalue weighted by atomic mass is 35.5. The van der Waals surface area contributed by atoms with Crippen LogP contribution >= 0.6 is 35.8 Å². The Morgan fingerprint density at radius 1 is 1.09 bits per heavy atom. The monoisotopic (exact) mass is 369 g/mol. The standard InChI is InChI=1S/C18H17ClFNS.ClH/c1-21(2)9-3-4-14-15-10-12(19)5-7-17(15)22-18-8-6-13(20)11-16(14)18;/h4-8,10-11H,3,9H2,1-2H3;1H. The van der Waals surface area contributed by atoms with E-state index in [0.717, 1.165) is 34.6 Å². The number of fused-ring (bicyclic) bond motifs is 2. The van der Waals surface area contributed by atoms with Crippen molar-refractivity contribution in [3.05, 3.63) is 64.4 Å². The van der Waals surface area contributed by atoms with Crippen molar-refractivity contribution in [1.82, 2.24) is 4.90 Å². The summed E-state index contributed by atoms with van der Waals surface area (Å²) in [6, 6.07) is 10.9. The minimum atomic E-state index is -0.205. The van der Waals surface area contributed by atoms with E-state index in [-0.39, 0.29) is 18.2 Å². The summed E-state index contributed by atoms with van der Waals surface area (Å²) >= 11 is 7.83. The van der Waals surface area contributed by atoms with E-state index < -0.39 is 0 Å². The lowest BCUT2D eigenvalue weighted by molar-refractivity contribution is 0.417. The van der Waals surface area contributed by atoms with Gasteiger partial charge in [-0.3, -0.25) is 0 Å². The fourth-order valence-electron chi connectivity index (χ4n) is 2.55. The number of rotatable bonds is 3. The van der Waals surface area contributed by atoms with Gasteiger partial charge in [0.05, 0.1) is 0 Å². The minimum Gasteiger partial charge on any atom is -0.309 e. The second-order valence-corrected chi connectivity index (χ2v) is 7.11. The molecule has 0 radical (unpaired) electrons. The Morgan fingerprint density at radius 3 is 2.43 bits per heavy atom. The zero-order valence-corrected chi connectivity index (χ0v) is 15.4. The Labute approximate surface area is 151 Å². The highest BCUT2D eigenvalue weighted by Crippen LogP contribution is 2.46. The van der Waals surface area contributed by atoms with Gasteiger partial charge in [-0.2, -0.15) is 0 Å². The van der Waals surface area contributed by atoms with Crippen molar-refractivity contribution in [2.45, 2.75) is 16.2 Å². The molecule has 122 valence electrons. The molecule has 1 aliphatic rings. The van der Waals surface area contributed by atoms with Crippen LogP contribution in [0, 0.1) is 5.82 Å². The second-order valence-electron chi connectivity index (χ2n) is 5.59. The summed E-state index contributed by atoms with van der Waals surface area (Å²) in [4.78, 5) is 4.40. The van der Waals surface area contributed by atoms with Crippen LogP contribution < -0.4 is 0 Å². The molecular formula is C18H18Cl2FNS. The highest BCUT2D eigenvalue weighted by Gasteiger charge is 2.21. The molecule has 0 aromatic heterocycles. The largest absolute Gasteiger partial charge is 0.309 e. The first-order valence-electron chi connectivity index (χ1n) is 7.17. The number of hydrogen-bond acceptors (Lipinski definition) is 2. The third-order valence-electron chi connectivity index (χ3n) is 3.61. The van der Waals surface area contributed by atoms with Crippen LogP contribution in [0.25, 0.3) is 5.57 Å². The maximum absolute atomic E-state index is 13.7.